The van der Waals surface area contributed by atoms with E-state index in [0.29, 0.717) is 6.04 Å². The van der Waals surface area contributed by atoms with E-state index in [4.69, 9.17) is 16.3 Å². The molecule has 0 heterocycles. The average molecular weight is 228 g/mol. The second-order valence-corrected chi connectivity index (χ2v) is 4.23. The quantitative estimate of drug-likeness (QED) is 0.835. The number of benzene rings is 1. The van der Waals surface area contributed by atoms with Crippen molar-refractivity contribution in [3.05, 3.63) is 34.3 Å². The van der Waals surface area contributed by atoms with Gasteiger partial charge < -0.3 is 10.1 Å². The molecular weight excluding hydrogens is 210 g/mol. The SMILES string of the molecule is COCC(C)NCc1ccc(C)c(Cl)c1. The third-order valence-electron chi connectivity index (χ3n) is 2.31. The van der Waals surface area contributed by atoms with Gasteiger partial charge in [0.15, 0.2) is 0 Å². The molecule has 0 saturated carbocycles. The topological polar surface area (TPSA) is 21.3 Å². The summed E-state index contributed by atoms with van der Waals surface area (Å²) in [5.41, 5.74) is 2.32. The number of hydrogen-bond donors (Lipinski definition) is 1. The van der Waals surface area contributed by atoms with E-state index in [1.165, 1.54) is 5.56 Å². The van der Waals surface area contributed by atoms with Crippen molar-refractivity contribution in [3.63, 3.8) is 0 Å². The van der Waals surface area contributed by atoms with Crippen LogP contribution in [-0.4, -0.2) is 19.8 Å². The smallest absolute Gasteiger partial charge is 0.0613 e. The molecule has 1 unspecified atom stereocenters. The molecule has 1 aromatic rings. The number of nitrogens with one attached hydrogen (secondary N) is 1. The first-order valence-corrected chi connectivity index (χ1v) is 5.48. The number of hydrogen-bond acceptors (Lipinski definition) is 2. The van der Waals surface area contributed by atoms with E-state index in [1.807, 2.05) is 19.1 Å². The third-order valence-corrected chi connectivity index (χ3v) is 2.71. The van der Waals surface area contributed by atoms with Crippen LogP contribution in [0.1, 0.15) is 18.1 Å². The molecule has 0 saturated heterocycles. The lowest BCUT2D eigenvalue weighted by Crippen LogP contribution is -2.29. The second-order valence-electron chi connectivity index (χ2n) is 3.82. The lowest BCUT2D eigenvalue weighted by molar-refractivity contribution is 0.171. The lowest BCUT2D eigenvalue weighted by Gasteiger charge is -2.12. The van der Waals surface area contributed by atoms with Crippen LogP contribution >= 0.6 is 11.6 Å². The second kappa shape index (κ2) is 6.11. The summed E-state index contributed by atoms with van der Waals surface area (Å²) < 4.78 is 5.05. The van der Waals surface area contributed by atoms with Gasteiger partial charge in [-0.05, 0) is 31.0 Å². The van der Waals surface area contributed by atoms with Gasteiger partial charge in [-0.1, -0.05) is 23.7 Å². The van der Waals surface area contributed by atoms with Gasteiger partial charge in [-0.25, -0.2) is 0 Å². The standard InChI is InChI=1S/C12H18ClNO/c1-9-4-5-11(6-12(9)13)7-14-10(2)8-15-3/h4-6,10,14H,7-8H2,1-3H3. The summed E-state index contributed by atoms with van der Waals surface area (Å²) in [6.45, 7) is 5.65. The molecule has 0 fully saturated rings. The van der Waals surface area contributed by atoms with Crippen LogP contribution in [0.15, 0.2) is 18.2 Å². The van der Waals surface area contributed by atoms with Gasteiger partial charge in [-0.3, -0.25) is 0 Å². The van der Waals surface area contributed by atoms with Crippen LogP contribution in [0.4, 0.5) is 0 Å². The maximum absolute atomic E-state index is 6.04. The van der Waals surface area contributed by atoms with Crippen LogP contribution in [0.3, 0.4) is 0 Å². The fourth-order valence-electron chi connectivity index (χ4n) is 1.35. The number of ether oxygens (including phenoxy) is 1. The molecule has 0 spiro atoms. The molecule has 2 nitrogen and oxygen atoms in total. The van der Waals surface area contributed by atoms with Crippen molar-refractivity contribution in [1.29, 1.82) is 0 Å². The van der Waals surface area contributed by atoms with Gasteiger partial charge in [0, 0.05) is 24.7 Å². The highest BCUT2D eigenvalue weighted by Gasteiger charge is 2.01. The largest absolute Gasteiger partial charge is 0.383 e. The summed E-state index contributed by atoms with van der Waals surface area (Å²) in [5, 5.41) is 4.19. The molecule has 84 valence electrons. The highest BCUT2D eigenvalue weighted by molar-refractivity contribution is 6.31. The van der Waals surface area contributed by atoms with Crippen molar-refractivity contribution in [2.24, 2.45) is 0 Å². The molecule has 0 radical (unpaired) electrons. The number of methoxy groups -OCH3 is 1. The summed E-state index contributed by atoms with van der Waals surface area (Å²) in [4.78, 5) is 0. The summed E-state index contributed by atoms with van der Waals surface area (Å²) in [6, 6.07) is 6.49. The zero-order valence-electron chi connectivity index (χ0n) is 9.51. The highest BCUT2D eigenvalue weighted by Crippen LogP contribution is 2.16. The molecule has 0 aromatic heterocycles. The Morgan fingerprint density at radius 2 is 2.20 bits per heavy atom. The Hall–Kier alpha value is -0.570. The fraction of sp³-hybridized carbons (Fsp3) is 0.500. The summed E-state index contributed by atoms with van der Waals surface area (Å²) in [7, 11) is 1.71. The van der Waals surface area contributed by atoms with E-state index in [-0.39, 0.29) is 0 Å². The monoisotopic (exact) mass is 227 g/mol. The summed E-state index contributed by atoms with van der Waals surface area (Å²) in [6.07, 6.45) is 0. The molecule has 1 N–H and O–H groups in total. The molecule has 0 amide bonds. The van der Waals surface area contributed by atoms with Crippen LogP contribution in [0, 0.1) is 6.92 Å². The number of halogens is 1. The third kappa shape index (κ3) is 4.20. The maximum Gasteiger partial charge on any atom is 0.0613 e. The Morgan fingerprint density at radius 1 is 1.47 bits per heavy atom. The van der Waals surface area contributed by atoms with Crippen molar-refractivity contribution < 1.29 is 4.74 Å². The van der Waals surface area contributed by atoms with Crippen molar-refractivity contribution in [1.82, 2.24) is 5.32 Å². The first kappa shape index (κ1) is 12.5. The van der Waals surface area contributed by atoms with Crippen LogP contribution in [-0.2, 0) is 11.3 Å². The van der Waals surface area contributed by atoms with Crippen molar-refractivity contribution in [3.8, 4) is 0 Å². The van der Waals surface area contributed by atoms with Gasteiger partial charge in [-0.2, -0.15) is 0 Å². The van der Waals surface area contributed by atoms with E-state index in [9.17, 15) is 0 Å². The summed E-state index contributed by atoms with van der Waals surface area (Å²) in [5.74, 6) is 0. The normalized spacial score (nSPS) is 12.8. The predicted octanol–water partition coefficient (Wildman–Crippen LogP) is 2.77. The van der Waals surface area contributed by atoms with Gasteiger partial charge in [0.25, 0.3) is 0 Å². The lowest BCUT2D eigenvalue weighted by atomic mass is 10.1. The summed E-state index contributed by atoms with van der Waals surface area (Å²) >= 11 is 6.04. The Bertz CT molecular complexity index is 314. The van der Waals surface area contributed by atoms with E-state index >= 15 is 0 Å². The minimum atomic E-state index is 0.357. The fourth-order valence-corrected chi connectivity index (χ4v) is 1.55. The molecule has 0 aliphatic heterocycles. The average Bonchev–Trinajstić information content (AvgIpc) is 2.20. The minimum absolute atomic E-state index is 0.357. The molecular formula is C12H18ClNO. The molecule has 1 rings (SSSR count). The van der Waals surface area contributed by atoms with Crippen LogP contribution in [0.2, 0.25) is 5.02 Å². The first-order valence-electron chi connectivity index (χ1n) is 5.11. The van der Waals surface area contributed by atoms with Crippen LogP contribution in [0.25, 0.3) is 0 Å². The molecule has 0 aliphatic carbocycles. The first-order chi connectivity index (χ1) is 7.13. The Kier molecular flexibility index (Phi) is 5.09. The van der Waals surface area contributed by atoms with E-state index in [2.05, 4.69) is 18.3 Å². The van der Waals surface area contributed by atoms with E-state index in [0.717, 1.165) is 23.7 Å². The molecule has 0 aliphatic rings. The maximum atomic E-state index is 6.04. The van der Waals surface area contributed by atoms with Gasteiger partial charge in [0.05, 0.1) is 6.61 Å². The van der Waals surface area contributed by atoms with Gasteiger partial charge in [0.2, 0.25) is 0 Å². The Morgan fingerprint density at radius 3 is 2.80 bits per heavy atom. The Labute approximate surface area is 96.6 Å². The van der Waals surface area contributed by atoms with E-state index < -0.39 is 0 Å². The van der Waals surface area contributed by atoms with Gasteiger partial charge in [-0.15, -0.1) is 0 Å². The van der Waals surface area contributed by atoms with Gasteiger partial charge in [0.1, 0.15) is 0 Å². The van der Waals surface area contributed by atoms with E-state index in [1.54, 1.807) is 7.11 Å². The predicted molar refractivity (Wildman–Crippen MR) is 64.4 cm³/mol. The minimum Gasteiger partial charge on any atom is -0.383 e. The van der Waals surface area contributed by atoms with Crippen molar-refractivity contribution >= 4 is 11.6 Å². The van der Waals surface area contributed by atoms with Crippen LogP contribution in [0.5, 0.6) is 0 Å². The van der Waals surface area contributed by atoms with Crippen LogP contribution < -0.4 is 5.32 Å². The highest BCUT2D eigenvalue weighted by atomic mass is 35.5. The molecule has 1 atom stereocenters. The molecule has 3 heteroatoms. The van der Waals surface area contributed by atoms with Crippen molar-refractivity contribution in [2.45, 2.75) is 26.4 Å². The zero-order valence-corrected chi connectivity index (χ0v) is 10.3. The Balaban J connectivity index is 2.47. The van der Waals surface area contributed by atoms with Crippen molar-refractivity contribution in [2.75, 3.05) is 13.7 Å². The zero-order chi connectivity index (χ0) is 11.3. The van der Waals surface area contributed by atoms with Gasteiger partial charge >= 0.3 is 0 Å². The number of aryl methyl sites for hydroxylation is 1. The molecule has 0 bridgehead atoms. The molecule has 15 heavy (non-hydrogen) atoms. The molecule has 1 aromatic carbocycles. The number of rotatable bonds is 5.